The minimum atomic E-state index is -1.07. The van der Waals surface area contributed by atoms with Crippen molar-refractivity contribution in [3.63, 3.8) is 0 Å². The highest BCUT2D eigenvalue weighted by Gasteiger charge is 2.21. The van der Waals surface area contributed by atoms with Crippen LogP contribution in [0.2, 0.25) is 5.15 Å². The molecule has 0 aromatic carbocycles. The van der Waals surface area contributed by atoms with Crippen molar-refractivity contribution in [2.75, 3.05) is 6.61 Å². The summed E-state index contributed by atoms with van der Waals surface area (Å²) in [4.78, 5) is 19.1. The van der Waals surface area contributed by atoms with E-state index < -0.39 is 5.97 Å². The first-order valence-electron chi connectivity index (χ1n) is 5.26. The van der Waals surface area contributed by atoms with Crippen LogP contribution >= 0.6 is 11.6 Å². The summed E-state index contributed by atoms with van der Waals surface area (Å²) in [7, 11) is 0. The first kappa shape index (κ1) is 11.0. The second-order valence-corrected chi connectivity index (χ2v) is 4.16. The number of hydrogen-bond donors (Lipinski definition) is 1. The molecule has 3 heterocycles. The van der Waals surface area contributed by atoms with E-state index in [0.717, 1.165) is 0 Å². The second kappa shape index (κ2) is 3.99. The lowest BCUT2D eigenvalue weighted by Gasteiger charge is -2.07. The van der Waals surface area contributed by atoms with Crippen LogP contribution in [0.1, 0.15) is 16.3 Å². The molecule has 1 aliphatic rings. The van der Waals surface area contributed by atoms with Gasteiger partial charge in [-0.3, -0.25) is 4.57 Å². The molecule has 0 radical (unpaired) electrons. The minimum absolute atomic E-state index is 0.0142. The molecule has 0 fully saturated rings. The van der Waals surface area contributed by atoms with Gasteiger partial charge in [-0.2, -0.15) is 0 Å². The number of halogens is 1. The number of carbonyl (C=O) groups is 1. The monoisotopic (exact) mass is 265 g/mol. The Morgan fingerprint density at radius 3 is 3.06 bits per heavy atom. The maximum atomic E-state index is 10.9. The molecule has 18 heavy (non-hydrogen) atoms. The standard InChI is InChI=1S/C11H8ClN3O3/c12-8-2-1-7-10(14-8)15-5-6(11(16)17)13-9(15)3-4-18-7/h1-2,5H,3-4H2,(H,16,17). The summed E-state index contributed by atoms with van der Waals surface area (Å²) in [6.45, 7) is 0.423. The summed E-state index contributed by atoms with van der Waals surface area (Å²) in [6.07, 6.45) is 1.94. The number of imidazole rings is 1. The third kappa shape index (κ3) is 1.70. The molecule has 1 aliphatic heterocycles. The summed E-state index contributed by atoms with van der Waals surface area (Å²) >= 11 is 5.85. The van der Waals surface area contributed by atoms with Gasteiger partial charge in [-0.15, -0.1) is 0 Å². The lowest BCUT2D eigenvalue weighted by Crippen LogP contribution is -2.01. The summed E-state index contributed by atoms with van der Waals surface area (Å²) in [5.41, 5.74) is -0.0142. The maximum Gasteiger partial charge on any atom is 0.356 e. The number of aromatic nitrogens is 3. The average Bonchev–Trinajstić information content (AvgIpc) is 2.68. The number of hydrogen-bond acceptors (Lipinski definition) is 4. The molecular formula is C11H8ClN3O3. The topological polar surface area (TPSA) is 77.2 Å². The van der Waals surface area contributed by atoms with Crippen molar-refractivity contribution in [3.8, 4) is 11.6 Å². The Bertz CT molecular complexity index is 638. The molecule has 0 saturated carbocycles. The van der Waals surface area contributed by atoms with Crippen LogP contribution in [0.3, 0.4) is 0 Å². The van der Waals surface area contributed by atoms with Crippen molar-refractivity contribution in [1.29, 1.82) is 0 Å². The number of ether oxygens (including phenoxy) is 1. The molecule has 3 rings (SSSR count). The largest absolute Gasteiger partial charge is 0.489 e. The zero-order chi connectivity index (χ0) is 12.7. The Balaban J connectivity index is 2.22. The van der Waals surface area contributed by atoms with Gasteiger partial charge in [-0.05, 0) is 12.1 Å². The molecule has 0 amide bonds. The van der Waals surface area contributed by atoms with Gasteiger partial charge in [0.2, 0.25) is 0 Å². The van der Waals surface area contributed by atoms with E-state index in [-0.39, 0.29) is 5.69 Å². The van der Waals surface area contributed by atoms with Crippen molar-refractivity contribution in [1.82, 2.24) is 14.5 Å². The molecule has 6 nitrogen and oxygen atoms in total. The molecule has 0 bridgehead atoms. The fraction of sp³-hybridized carbons (Fsp3) is 0.182. The Labute approximate surface area is 107 Å². The molecule has 0 aliphatic carbocycles. The van der Waals surface area contributed by atoms with Gasteiger partial charge in [0.1, 0.15) is 11.0 Å². The summed E-state index contributed by atoms with van der Waals surface area (Å²) in [5.74, 6) is 0.559. The summed E-state index contributed by atoms with van der Waals surface area (Å²) in [5, 5.41) is 9.27. The quantitative estimate of drug-likeness (QED) is 0.792. The Hall–Kier alpha value is -2.08. The second-order valence-electron chi connectivity index (χ2n) is 3.77. The number of fused-ring (bicyclic) bond motifs is 3. The highest BCUT2D eigenvalue weighted by molar-refractivity contribution is 6.29. The number of pyridine rings is 1. The molecule has 0 spiro atoms. The maximum absolute atomic E-state index is 10.9. The van der Waals surface area contributed by atoms with E-state index in [1.165, 1.54) is 6.20 Å². The van der Waals surface area contributed by atoms with Gasteiger partial charge < -0.3 is 9.84 Å². The Morgan fingerprint density at radius 2 is 2.28 bits per heavy atom. The van der Waals surface area contributed by atoms with Crippen molar-refractivity contribution in [3.05, 3.63) is 35.0 Å². The average molecular weight is 266 g/mol. The Morgan fingerprint density at radius 1 is 1.44 bits per heavy atom. The normalized spacial score (nSPS) is 13.2. The van der Waals surface area contributed by atoms with Crippen molar-refractivity contribution < 1.29 is 14.6 Å². The lowest BCUT2D eigenvalue weighted by atomic mass is 10.4. The molecule has 1 N–H and O–H groups in total. The fourth-order valence-electron chi connectivity index (χ4n) is 1.83. The summed E-state index contributed by atoms with van der Waals surface area (Å²) < 4.78 is 7.12. The van der Waals surface area contributed by atoms with Crippen LogP contribution in [0.15, 0.2) is 18.3 Å². The zero-order valence-corrected chi connectivity index (χ0v) is 9.89. The number of nitrogens with zero attached hydrogens (tertiary/aromatic N) is 3. The summed E-state index contributed by atoms with van der Waals surface area (Å²) in [6, 6.07) is 3.33. The highest BCUT2D eigenvalue weighted by atomic mass is 35.5. The molecule has 7 heteroatoms. The molecule has 92 valence electrons. The fourth-order valence-corrected chi connectivity index (χ4v) is 1.97. The number of carboxylic acids is 1. The van der Waals surface area contributed by atoms with Gasteiger partial charge in [0, 0.05) is 12.6 Å². The predicted molar refractivity (Wildman–Crippen MR) is 62.5 cm³/mol. The number of rotatable bonds is 1. The smallest absolute Gasteiger partial charge is 0.356 e. The van der Waals surface area contributed by atoms with Crippen molar-refractivity contribution in [2.24, 2.45) is 0 Å². The van der Waals surface area contributed by atoms with Crippen LogP contribution < -0.4 is 4.74 Å². The molecule has 0 unspecified atom stereocenters. The van der Waals surface area contributed by atoms with Gasteiger partial charge in [-0.1, -0.05) is 11.6 Å². The molecule has 2 aromatic rings. The van der Waals surface area contributed by atoms with Crippen LogP contribution in [-0.4, -0.2) is 32.2 Å². The van der Waals surface area contributed by atoms with Gasteiger partial charge in [0.25, 0.3) is 0 Å². The highest BCUT2D eigenvalue weighted by Crippen LogP contribution is 2.27. The predicted octanol–water partition coefficient (Wildman–Crippen LogP) is 1.55. The minimum Gasteiger partial charge on any atom is -0.489 e. The van der Waals surface area contributed by atoms with E-state index in [9.17, 15) is 4.79 Å². The van der Waals surface area contributed by atoms with Gasteiger partial charge in [-0.25, -0.2) is 14.8 Å². The van der Waals surface area contributed by atoms with Crippen LogP contribution in [0.5, 0.6) is 5.75 Å². The van der Waals surface area contributed by atoms with Gasteiger partial charge in [0.05, 0.1) is 6.61 Å². The third-order valence-electron chi connectivity index (χ3n) is 2.61. The number of carboxylic acid groups (broad SMARTS) is 1. The molecule has 0 saturated heterocycles. The van der Waals surface area contributed by atoms with Crippen LogP contribution in [0.25, 0.3) is 5.82 Å². The third-order valence-corrected chi connectivity index (χ3v) is 2.83. The van der Waals surface area contributed by atoms with Crippen molar-refractivity contribution >= 4 is 17.6 Å². The number of aromatic carboxylic acids is 1. The first-order valence-corrected chi connectivity index (χ1v) is 5.64. The SMILES string of the molecule is O=C(O)c1cn2c(n1)CCOc1ccc(Cl)nc1-2. The van der Waals surface area contributed by atoms with E-state index in [0.29, 0.717) is 35.6 Å². The van der Waals surface area contributed by atoms with Gasteiger partial charge in [0.15, 0.2) is 17.3 Å². The van der Waals surface area contributed by atoms with E-state index in [4.69, 9.17) is 21.4 Å². The van der Waals surface area contributed by atoms with Crippen LogP contribution in [0.4, 0.5) is 0 Å². The van der Waals surface area contributed by atoms with Crippen molar-refractivity contribution in [2.45, 2.75) is 6.42 Å². The first-order chi connectivity index (χ1) is 8.65. The molecular weight excluding hydrogens is 258 g/mol. The van der Waals surface area contributed by atoms with E-state index in [1.807, 2.05) is 0 Å². The van der Waals surface area contributed by atoms with Gasteiger partial charge >= 0.3 is 5.97 Å². The van der Waals surface area contributed by atoms with E-state index >= 15 is 0 Å². The molecule has 2 aromatic heterocycles. The Kier molecular flexibility index (Phi) is 2.45. The van der Waals surface area contributed by atoms with E-state index in [2.05, 4.69) is 9.97 Å². The van der Waals surface area contributed by atoms with E-state index in [1.54, 1.807) is 16.7 Å². The zero-order valence-electron chi connectivity index (χ0n) is 9.13. The van der Waals surface area contributed by atoms with Crippen LogP contribution in [-0.2, 0) is 6.42 Å². The van der Waals surface area contributed by atoms with Crippen LogP contribution in [0, 0.1) is 0 Å². The molecule has 0 atom stereocenters. The lowest BCUT2D eigenvalue weighted by molar-refractivity contribution is 0.0691.